The molecule has 0 N–H and O–H groups in total. The normalized spacial score (nSPS) is 19.8. The fraction of sp³-hybridized carbons (Fsp3) is 0.217. The Balaban J connectivity index is 1.64. The lowest BCUT2D eigenvalue weighted by Gasteiger charge is -2.36. The third kappa shape index (κ3) is 2.45. The number of anilines is 1. The fourth-order valence-electron chi connectivity index (χ4n) is 4.51. The number of carbonyl (C=O) groups is 4. The molecular formula is C23H18N2O5. The molecule has 3 amide bonds. The summed E-state index contributed by atoms with van der Waals surface area (Å²) in [4.78, 5) is 54.5. The van der Waals surface area contributed by atoms with Crippen LogP contribution in [0.2, 0.25) is 0 Å². The summed E-state index contributed by atoms with van der Waals surface area (Å²) >= 11 is 0. The summed E-state index contributed by atoms with van der Waals surface area (Å²) in [6.45, 7) is 0. The minimum atomic E-state index is -0.812. The quantitative estimate of drug-likeness (QED) is 0.568. The van der Waals surface area contributed by atoms with E-state index in [1.54, 1.807) is 30.3 Å². The number of allylic oxidation sites excluding steroid dienone is 1. The van der Waals surface area contributed by atoms with Crippen molar-refractivity contribution >= 4 is 29.4 Å². The van der Waals surface area contributed by atoms with Crippen molar-refractivity contribution in [3.05, 3.63) is 76.5 Å². The first-order chi connectivity index (χ1) is 14.5. The zero-order chi connectivity index (χ0) is 21.0. The molecule has 30 heavy (non-hydrogen) atoms. The maximum absolute atomic E-state index is 13.7. The fourth-order valence-corrected chi connectivity index (χ4v) is 4.51. The molecule has 7 nitrogen and oxygen atoms in total. The van der Waals surface area contributed by atoms with E-state index in [1.807, 2.05) is 18.2 Å². The Morgan fingerprint density at radius 1 is 0.933 bits per heavy atom. The number of rotatable bonds is 2. The van der Waals surface area contributed by atoms with Gasteiger partial charge in [0.1, 0.15) is 11.7 Å². The van der Waals surface area contributed by atoms with Crippen molar-refractivity contribution in [2.24, 2.45) is 0 Å². The number of aryl methyl sites for hydroxylation is 1. The molecule has 3 aliphatic heterocycles. The Labute approximate surface area is 172 Å². The van der Waals surface area contributed by atoms with Crippen LogP contribution in [0.5, 0.6) is 0 Å². The highest BCUT2D eigenvalue weighted by Crippen LogP contribution is 2.39. The van der Waals surface area contributed by atoms with Crippen molar-refractivity contribution < 1.29 is 23.9 Å². The maximum atomic E-state index is 13.7. The van der Waals surface area contributed by atoms with Crippen LogP contribution in [0.3, 0.4) is 0 Å². The standard InChI is InChI=1S/C23H18N2O5/c1-30-23(29)18-12-10-14-6-4-5-13-9-11-17(22(28)24(18)19(13)14)25-20(26)15-7-2-3-8-16(15)21(25)27/h2-8,11,18H,9-10,12H2,1H3/t18-/m0/s1. The highest BCUT2D eigenvalue weighted by Gasteiger charge is 2.45. The smallest absolute Gasteiger partial charge is 0.328 e. The Morgan fingerprint density at radius 2 is 1.60 bits per heavy atom. The molecule has 0 aliphatic carbocycles. The van der Waals surface area contributed by atoms with Gasteiger partial charge < -0.3 is 4.74 Å². The molecule has 0 saturated carbocycles. The average molecular weight is 402 g/mol. The van der Waals surface area contributed by atoms with Gasteiger partial charge in [0, 0.05) is 0 Å². The Hall–Kier alpha value is -3.74. The van der Waals surface area contributed by atoms with Crippen LogP contribution in [0.25, 0.3) is 0 Å². The molecule has 0 radical (unpaired) electrons. The summed E-state index contributed by atoms with van der Waals surface area (Å²) in [7, 11) is 1.28. The summed E-state index contributed by atoms with van der Waals surface area (Å²) in [6.07, 6.45) is 3.01. The van der Waals surface area contributed by atoms with Crippen molar-refractivity contribution in [3.8, 4) is 0 Å². The van der Waals surface area contributed by atoms with E-state index in [0.29, 0.717) is 24.9 Å². The first-order valence-electron chi connectivity index (χ1n) is 9.73. The van der Waals surface area contributed by atoms with Crippen LogP contribution in [0, 0.1) is 0 Å². The average Bonchev–Trinajstić information content (AvgIpc) is 2.93. The van der Waals surface area contributed by atoms with Gasteiger partial charge in [-0.2, -0.15) is 0 Å². The first kappa shape index (κ1) is 18.3. The Morgan fingerprint density at radius 3 is 2.27 bits per heavy atom. The van der Waals surface area contributed by atoms with Gasteiger partial charge in [0.05, 0.1) is 23.9 Å². The molecule has 150 valence electrons. The van der Waals surface area contributed by atoms with E-state index in [1.165, 1.54) is 12.0 Å². The highest BCUT2D eigenvalue weighted by atomic mass is 16.5. The molecule has 3 heterocycles. The van der Waals surface area contributed by atoms with Crippen LogP contribution < -0.4 is 4.90 Å². The van der Waals surface area contributed by atoms with Gasteiger partial charge in [0.2, 0.25) is 0 Å². The largest absolute Gasteiger partial charge is 0.467 e. The van der Waals surface area contributed by atoms with Crippen molar-refractivity contribution in [3.63, 3.8) is 0 Å². The predicted octanol–water partition coefficient (Wildman–Crippen LogP) is 2.24. The molecule has 0 aromatic heterocycles. The summed E-state index contributed by atoms with van der Waals surface area (Å²) in [6, 6.07) is 11.4. The van der Waals surface area contributed by atoms with Crippen molar-refractivity contribution in [1.82, 2.24) is 4.90 Å². The summed E-state index contributed by atoms with van der Waals surface area (Å²) in [5.41, 5.74) is 2.99. The lowest BCUT2D eigenvalue weighted by Crippen LogP contribution is -2.51. The van der Waals surface area contributed by atoms with Gasteiger partial charge in [-0.25, -0.2) is 9.69 Å². The summed E-state index contributed by atoms with van der Waals surface area (Å²) in [5.74, 6) is -2.14. The molecule has 2 aromatic carbocycles. The molecule has 0 fully saturated rings. The van der Waals surface area contributed by atoms with Gasteiger partial charge in [-0.05, 0) is 48.6 Å². The van der Waals surface area contributed by atoms with E-state index < -0.39 is 29.7 Å². The Kier molecular flexibility index (Phi) is 4.06. The van der Waals surface area contributed by atoms with E-state index in [0.717, 1.165) is 16.0 Å². The molecule has 0 unspecified atom stereocenters. The van der Waals surface area contributed by atoms with Crippen LogP contribution >= 0.6 is 0 Å². The second-order valence-corrected chi connectivity index (χ2v) is 7.46. The monoisotopic (exact) mass is 402 g/mol. The topological polar surface area (TPSA) is 84.0 Å². The van der Waals surface area contributed by atoms with E-state index in [2.05, 4.69) is 0 Å². The van der Waals surface area contributed by atoms with Crippen LogP contribution in [-0.4, -0.2) is 41.7 Å². The summed E-state index contributed by atoms with van der Waals surface area (Å²) < 4.78 is 4.94. The number of benzene rings is 2. The molecule has 0 saturated heterocycles. The lowest BCUT2D eigenvalue weighted by molar-refractivity contribution is -0.143. The van der Waals surface area contributed by atoms with Crippen LogP contribution in [0.4, 0.5) is 5.69 Å². The van der Waals surface area contributed by atoms with Crippen molar-refractivity contribution in [1.29, 1.82) is 0 Å². The number of methoxy groups -OCH3 is 1. The van der Waals surface area contributed by atoms with Crippen LogP contribution in [0.1, 0.15) is 38.3 Å². The van der Waals surface area contributed by atoms with Gasteiger partial charge in [-0.15, -0.1) is 0 Å². The number of nitrogens with zero attached hydrogens (tertiary/aromatic N) is 2. The number of ether oxygens (including phenoxy) is 1. The third-order valence-electron chi connectivity index (χ3n) is 5.90. The van der Waals surface area contributed by atoms with E-state index in [4.69, 9.17) is 4.74 Å². The molecule has 2 aromatic rings. The number of amides is 3. The number of hydrogen-bond donors (Lipinski definition) is 0. The number of para-hydroxylation sites is 1. The van der Waals surface area contributed by atoms with Gasteiger partial charge >= 0.3 is 5.97 Å². The van der Waals surface area contributed by atoms with Gasteiger partial charge in [-0.1, -0.05) is 30.3 Å². The van der Waals surface area contributed by atoms with Crippen molar-refractivity contribution in [2.45, 2.75) is 25.3 Å². The lowest BCUT2D eigenvalue weighted by atomic mass is 9.92. The van der Waals surface area contributed by atoms with E-state index >= 15 is 0 Å². The third-order valence-corrected chi connectivity index (χ3v) is 5.90. The summed E-state index contributed by atoms with van der Waals surface area (Å²) in [5, 5.41) is 0. The Bertz CT molecular complexity index is 1130. The number of fused-ring (bicyclic) bond motifs is 1. The van der Waals surface area contributed by atoms with Crippen LogP contribution in [-0.2, 0) is 27.2 Å². The molecular weight excluding hydrogens is 384 g/mol. The molecule has 1 atom stereocenters. The minimum Gasteiger partial charge on any atom is -0.467 e. The number of esters is 1. The number of carbonyl (C=O) groups excluding carboxylic acids is 4. The molecule has 0 bridgehead atoms. The zero-order valence-electron chi connectivity index (χ0n) is 16.3. The SMILES string of the molecule is COC(=O)[C@@H]1CCc2cccc3c2N1C(=O)C(N1C(=O)c2ccccc2C1=O)=CC3. The molecule has 3 aliphatic rings. The minimum absolute atomic E-state index is 0.0286. The van der Waals surface area contributed by atoms with Gasteiger partial charge in [0.15, 0.2) is 0 Å². The molecule has 0 spiro atoms. The van der Waals surface area contributed by atoms with Crippen molar-refractivity contribution in [2.75, 3.05) is 12.0 Å². The second-order valence-electron chi connectivity index (χ2n) is 7.46. The predicted molar refractivity (Wildman–Crippen MR) is 107 cm³/mol. The highest BCUT2D eigenvalue weighted by molar-refractivity contribution is 6.26. The van der Waals surface area contributed by atoms with Gasteiger partial charge in [0.25, 0.3) is 17.7 Å². The van der Waals surface area contributed by atoms with Crippen LogP contribution in [0.15, 0.2) is 54.2 Å². The number of imide groups is 1. The molecule has 7 heteroatoms. The zero-order valence-corrected chi connectivity index (χ0v) is 16.3. The van der Waals surface area contributed by atoms with E-state index in [9.17, 15) is 19.2 Å². The molecule has 5 rings (SSSR count). The second kappa shape index (κ2) is 6.66. The van der Waals surface area contributed by atoms with E-state index in [-0.39, 0.29) is 16.8 Å². The number of hydrogen-bond acceptors (Lipinski definition) is 5. The first-order valence-corrected chi connectivity index (χ1v) is 9.73. The van der Waals surface area contributed by atoms with Gasteiger partial charge in [-0.3, -0.25) is 19.3 Å². The maximum Gasteiger partial charge on any atom is 0.328 e.